The van der Waals surface area contributed by atoms with Crippen LogP contribution in [0.25, 0.3) is 11.5 Å². The summed E-state index contributed by atoms with van der Waals surface area (Å²) in [6.45, 7) is 1.03. The van der Waals surface area contributed by atoms with Gasteiger partial charge in [0, 0.05) is 25.3 Å². The third-order valence-corrected chi connectivity index (χ3v) is 3.44. The van der Waals surface area contributed by atoms with Crippen LogP contribution in [0, 0.1) is 0 Å². The maximum absolute atomic E-state index is 5.35. The Morgan fingerprint density at radius 1 is 1.26 bits per heavy atom. The fourth-order valence-corrected chi connectivity index (χ4v) is 2.30. The van der Waals surface area contributed by atoms with Crippen LogP contribution >= 0.6 is 0 Å². The molecule has 1 atom stereocenters. The minimum atomic E-state index is 0.249. The first kappa shape index (κ1) is 12.2. The van der Waals surface area contributed by atoms with Crippen LogP contribution < -0.4 is 10.2 Å². The van der Waals surface area contributed by atoms with E-state index in [0.29, 0.717) is 5.89 Å². The van der Waals surface area contributed by atoms with Gasteiger partial charge >= 0.3 is 0 Å². The van der Waals surface area contributed by atoms with Gasteiger partial charge in [0.05, 0.1) is 6.04 Å². The maximum Gasteiger partial charge on any atom is 0.257 e. The third-order valence-electron chi connectivity index (χ3n) is 3.44. The number of anilines is 1. The summed E-state index contributed by atoms with van der Waals surface area (Å²) in [7, 11) is 4.04. The highest BCUT2D eigenvalue weighted by Crippen LogP contribution is 2.25. The first-order chi connectivity index (χ1) is 9.24. The quantitative estimate of drug-likeness (QED) is 0.915. The number of benzene rings is 1. The van der Waals surface area contributed by atoms with E-state index in [4.69, 9.17) is 4.52 Å². The number of nitrogens with one attached hydrogen (secondary N) is 1. The smallest absolute Gasteiger partial charge is 0.257 e. The average Bonchev–Trinajstić information content (AvgIpc) is 3.10. The Kier molecular flexibility index (Phi) is 3.21. The number of aromatic nitrogens is 2. The monoisotopic (exact) mass is 258 g/mol. The zero-order chi connectivity index (χ0) is 13.2. The van der Waals surface area contributed by atoms with E-state index >= 15 is 0 Å². The van der Waals surface area contributed by atoms with Crippen molar-refractivity contribution >= 4 is 5.69 Å². The van der Waals surface area contributed by atoms with E-state index < -0.39 is 0 Å². The molecule has 3 rings (SSSR count). The Hall–Kier alpha value is -1.88. The summed E-state index contributed by atoms with van der Waals surface area (Å²) >= 11 is 0. The van der Waals surface area contributed by atoms with Crippen LogP contribution in [0.3, 0.4) is 0 Å². The molecule has 100 valence electrons. The van der Waals surface area contributed by atoms with Crippen LogP contribution in [0.4, 0.5) is 5.69 Å². The van der Waals surface area contributed by atoms with Gasteiger partial charge in [-0.2, -0.15) is 4.98 Å². The van der Waals surface area contributed by atoms with Crippen molar-refractivity contribution in [3.63, 3.8) is 0 Å². The van der Waals surface area contributed by atoms with Crippen molar-refractivity contribution in [2.45, 2.75) is 18.9 Å². The van der Waals surface area contributed by atoms with Crippen LogP contribution in [0.1, 0.15) is 24.7 Å². The maximum atomic E-state index is 5.35. The lowest BCUT2D eigenvalue weighted by molar-refractivity contribution is 0.412. The first-order valence-electron chi connectivity index (χ1n) is 6.59. The van der Waals surface area contributed by atoms with E-state index in [-0.39, 0.29) is 6.04 Å². The van der Waals surface area contributed by atoms with Crippen molar-refractivity contribution in [2.24, 2.45) is 0 Å². The predicted octanol–water partition coefficient (Wildman–Crippen LogP) is 2.23. The Bertz CT molecular complexity index is 541. The molecule has 1 aromatic carbocycles. The Morgan fingerprint density at radius 2 is 2.05 bits per heavy atom. The van der Waals surface area contributed by atoms with Gasteiger partial charge in [-0.1, -0.05) is 5.16 Å². The first-order valence-corrected chi connectivity index (χ1v) is 6.59. The molecule has 1 N–H and O–H groups in total. The lowest BCUT2D eigenvalue weighted by atomic mass is 10.2. The molecule has 0 spiro atoms. The number of hydrogen-bond donors (Lipinski definition) is 1. The van der Waals surface area contributed by atoms with Gasteiger partial charge in [0.2, 0.25) is 0 Å². The summed E-state index contributed by atoms with van der Waals surface area (Å²) in [6, 6.07) is 8.36. The second kappa shape index (κ2) is 5.01. The molecule has 1 aromatic heterocycles. The van der Waals surface area contributed by atoms with E-state index in [2.05, 4.69) is 20.4 Å². The summed E-state index contributed by atoms with van der Waals surface area (Å²) in [6.07, 6.45) is 2.25. The topological polar surface area (TPSA) is 54.2 Å². The molecule has 0 aliphatic carbocycles. The molecule has 5 nitrogen and oxygen atoms in total. The number of nitrogens with zero attached hydrogens (tertiary/aromatic N) is 3. The van der Waals surface area contributed by atoms with E-state index in [0.717, 1.165) is 30.0 Å². The molecule has 1 unspecified atom stereocenters. The van der Waals surface area contributed by atoms with E-state index in [1.165, 1.54) is 6.42 Å². The Balaban J connectivity index is 1.81. The normalized spacial score (nSPS) is 18.7. The zero-order valence-corrected chi connectivity index (χ0v) is 11.3. The summed E-state index contributed by atoms with van der Waals surface area (Å²) in [5.74, 6) is 1.36. The van der Waals surface area contributed by atoms with Crippen molar-refractivity contribution in [1.82, 2.24) is 15.5 Å². The molecule has 19 heavy (non-hydrogen) atoms. The van der Waals surface area contributed by atoms with Crippen LogP contribution in [0.5, 0.6) is 0 Å². The summed E-state index contributed by atoms with van der Waals surface area (Å²) in [4.78, 5) is 6.54. The second-order valence-electron chi connectivity index (χ2n) is 5.05. The van der Waals surface area contributed by atoms with Crippen LogP contribution in [0.2, 0.25) is 0 Å². The predicted molar refractivity (Wildman–Crippen MR) is 74.0 cm³/mol. The molecule has 1 saturated heterocycles. The average molecular weight is 258 g/mol. The molecule has 2 aromatic rings. The molecular weight excluding hydrogens is 240 g/mol. The van der Waals surface area contributed by atoms with Crippen molar-refractivity contribution < 1.29 is 4.52 Å². The molecule has 1 fully saturated rings. The Labute approximate surface area is 112 Å². The van der Waals surface area contributed by atoms with Gasteiger partial charge < -0.3 is 14.7 Å². The highest BCUT2D eigenvalue weighted by molar-refractivity contribution is 5.58. The lowest BCUT2D eigenvalue weighted by Crippen LogP contribution is -2.14. The molecule has 0 amide bonds. The van der Waals surface area contributed by atoms with Crippen molar-refractivity contribution in [1.29, 1.82) is 0 Å². The molecule has 0 saturated carbocycles. The van der Waals surface area contributed by atoms with Gasteiger partial charge in [0.15, 0.2) is 5.82 Å². The number of rotatable bonds is 3. The minimum Gasteiger partial charge on any atom is -0.378 e. The SMILES string of the molecule is CN(C)c1ccc(-c2nc(C3CCCN3)no2)cc1. The zero-order valence-electron chi connectivity index (χ0n) is 11.3. The molecule has 5 heteroatoms. The van der Waals surface area contributed by atoms with E-state index in [1.54, 1.807) is 0 Å². The fraction of sp³-hybridized carbons (Fsp3) is 0.429. The van der Waals surface area contributed by atoms with E-state index in [9.17, 15) is 0 Å². The van der Waals surface area contributed by atoms with Gasteiger partial charge in [-0.05, 0) is 43.7 Å². The minimum absolute atomic E-state index is 0.249. The molecule has 0 bridgehead atoms. The molecule has 1 aliphatic heterocycles. The van der Waals surface area contributed by atoms with Gasteiger partial charge in [-0.25, -0.2) is 0 Å². The van der Waals surface area contributed by atoms with Crippen LogP contribution in [-0.4, -0.2) is 30.8 Å². The standard InChI is InChI=1S/C14H18N4O/c1-18(2)11-7-5-10(6-8-11)14-16-13(17-19-14)12-4-3-9-15-12/h5-8,12,15H,3-4,9H2,1-2H3. The van der Waals surface area contributed by atoms with Crippen molar-refractivity contribution in [3.8, 4) is 11.5 Å². The summed E-state index contributed by atoms with van der Waals surface area (Å²) < 4.78 is 5.35. The molecule has 0 radical (unpaired) electrons. The molecular formula is C14H18N4O. The lowest BCUT2D eigenvalue weighted by Gasteiger charge is -2.11. The summed E-state index contributed by atoms with van der Waals surface area (Å²) in [5.41, 5.74) is 2.11. The van der Waals surface area contributed by atoms with E-state index in [1.807, 2.05) is 38.4 Å². The largest absolute Gasteiger partial charge is 0.378 e. The highest BCUT2D eigenvalue weighted by atomic mass is 16.5. The summed E-state index contributed by atoms with van der Waals surface area (Å²) in [5, 5.41) is 7.44. The second-order valence-corrected chi connectivity index (χ2v) is 5.05. The van der Waals surface area contributed by atoms with Crippen molar-refractivity contribution in [2.75, 3.05) is 25.5 Å². The Morgan fingerprint density at radius 3 is 2.68 bits per heavy atom. The van der Waals surface area contributed by atoms with Gasteiger partial charge in [-0.3, -0.25) is 0 Å². The van der Waals surface area contributed by atoms with Gasteiger partial charge in [0.1, 0.15) is 0 Å². The molecule has 2 heterocycles. The third kappa shape index (κ3) is 2.46. The molecule has 1 aliphatic rings. The van der Waals surface area contributed by atoms with Gasteiger partial charge in [-0.15, -0.1) is 0 Å². The highest BCUT2D eigenvalue weighted by Gasteiger charge is 2.21. The fourth-order valence-electron chi connectivity index (χ4n) is 2.30. The van der Waals surface area contributed by atoms with Gasteiger partial charge in [0.25, 0.3) is 5.89 Å². The number of hydrogen-bond acceptors (Lipinski definition) is 5. The van der Waals surface area contributed by atoms with Crippen LogP contribution in [-0.2, 0) is 0 Å². The van der Waals surface area contributed by atoms with Crippen LogP contribution in [0.15, 0.2) is 28.8 Å². The van der Waals surface area contributed by atoms with Crippen molar-refractivity contribution in [3.05, 3.63) is 30.1 Å².